The number of hydrogen-bond acceptors (Lipinski definition) is 7. The van der Waals surface area contributed by atoms with Crippen molar-refractivity contribution in [3.8, 4) is 23.0 Å². The Hall–Kier alpha value is -5.97. The van der Waals surface area contributed by atoms with Gasteiger partial charge in [0.15, 0.2) is 23.1 Å². The number of ether oxygens (including phenoxy) is 3. The molecule has 0 saturated carbocycles. The van der Waals surface area contributed by atoms with E-state index in [0.29, 0.717) is 40.4 Å². The Bertz CT molecular complexity index is 1900. The monoisotopic (exact) mass is 638 g/mol. The SMILES string of the molecule is COc1cc2nccc(Oc3ccc(NC(=O)/C(=C/NCCCc4ccccc4)C(=O)Nc4ccc(F)cc4)cc3F)c2cc1OC. The number of methoxy groups -OCH3 is 2. The van der Waals surface area contributed by atoms with Gasteiger partial charge in [-0.1, -0.05) is 30.3 Å². The Labute approximate surface area is 270 Å². The summed E-state index contributed by atoms with van der Waals surface area (Å²) in [5.41, 5.74) is 1.84. The van der Waals surface area contributed by atoms with Gasteiger partial charge in [0.1, 0.15) is 17.1 Å². The molecule has 240 valence electrons. The molecule has 0 aliphatic carbocycles. The van der Waals surface area contributed by atoms with E-state index in [0.717, 1.165) is 24.5 Å². The first-order valence-corrected chi connectivity index (χ1v) is 14.7. The van der Waals surface area contributed by atoms with Crippen molar-refractivity contribution < 1.29 is 32.6 Å². The summed E-state index contributed by atoms with van der Waals surface area (Å²) in [6.45, 7) is 0.485. The molecule has 1 heterocycles. The van der Waals surface area contributed by atoms with Crippen LogP contribution in [0.5, 0.6) is 23.0 Å². The number of pyridine rings is 1. The second kappa shape index (κ2) is 15.3. The molecule has 0 spiro atoms. The normalized spacial score (nSPS) is 11.1. The first kappa shape index (κ1) is 32.4. The summed E-state index contributed by atoms with van der Waals surface area (Å²) in [5.74, 6) is -1.58. The molecule has 5 rings (SSSR count). The molecule has 0 saturated heterocycles. The van der Waals surface area contributed by atoms with E-state index in [1.54, 1.807) is 18.2 Å². The van der Waals surface area contributed by atoms with Gasteiger partial charge in [0.25, 0.3) is 11.8 Å². The van der Waals surface area contributed by atoms with E-state index < -0.39 is 23.4 Å². The zero-order chi connectivity index (χ0) is 33.2. The summed E-state index contributed by atoms with van der Waals surface area (Å²) in [7, 11) is 3.02. The molecular formula is C36H32F2N4O5. The number of aromatic nitrogens is 1. The van der Waals surface area contributed by atoms with Gasteiger partial charge >= 0.3 is 0 Å². The molecule has 4 aromatic carbocycles. The van der Waals surface area contributed by atoms with Crippen LogP contribution in [-0.2, 0) is 16.0 Å². The standard InChI is InChI=1S/C36H32F2N4O5/c1-45-33-20-27-30(21-34(33)46-2)40-18-16-31(27)47-32-15-14-26(19-29(32)38)42-36(44)28(35(43)41-25-12-10-24(37)11-13-25)22-39-17-6-9-23-7-4-3-5-8-23/h3-5,7-8,10-16,18-22,39H,6,9,17H2,1-2H3,(H,41,43)(H,42,44)/b28-22+. The van der Waals surface area contributed by atoms with Crippen molar-refractivity contribution in [1.29, 1.82) is 0 Å². The molecule has 1 aromatic heterocycles. The molecule has 11 heteroatoms. The average molecular weight is 639 g/mol. The van der Waals surface area contributed by atoms with Crippen molar-refractivity contribution in [1.82, 2.24) is 10.3 Å². The van der Waals surface area contributed by atoms with Gasteiger partial charge in [-0.3, -0.25) is 14.6 Å². The van der Waals surface area contributed by atoms with E-state index in [1.807, 2.05) is 30.3 Å². The predicted octanol–water partition coefficient (Wildman–Crippen LogP) is 7.01. The van der Waals surface area contributed by atoms with Crippen LogP contribution in [0.2, 0.25) is 0 Å². The number of halogens is 2. The smallest absolute Gasteiger partial charge is 0.262 e. The molecule has 0 bridgehead atoms. The fourth-order valence-electron chi connectivity index (χ4n) is 4.69. The third-order valence-corrected chi connectivity index (χ3v) is 7.08. The van der Waals surface area contributed by atoms with Gasteiger partial charge in [0.05, 0.1) is 19.7 Å². The van der Waals surface area contributed by atoms with Crippen LogP contribution in [-0.4, -0.2) is 37.6 Å². The maximum absolute atomic E-state index is 15.3. The number of nitrogens with zero attached hydrogens (tertiary/aromatic N) is 1. The Balaban J connectivity index is 1.30. The lowest BCUT2D eigenvalue weighted by atomic mass is 10.1. The summed E-state index contributed by atoms with van der Waals surface area (Å²) >= 11 is 0. The molecule has 3 N–H and O–H groups in total. The van der Waals surface area contributed by atoms with Crippen LogP contribution in [0, 0.1) is 11.6 Å². The Morgan fingerprint density at radius 2 is 1.45 bits per heavy atom. The fourth-order valence-corrected chi connectivity index (χ4v) is 4.69. The highest BCUT2D eigenvalue weighted by atomic mass is 19.1. The molecule has 9 nitrogen and oxygen atoms in total. The number of anilines is 2. The number of rotatable bonds is 13. The minimum absolute atomic E-state index is 0.0930. The molecular weight excluding hydrogens is 606 g/mol. The van der Waals surface area contributed by atoms with E-state index in [4.69, 9.17) is 14.2 Å². The van der Waals surface area contributed by atoms with Gasteiger partial charge < -0.3 is 30.2 Å². The lowest BCUT2D eigenvalue weighted by molar-refractivity contribution is -0.118. The molecule has 5 aromatic rings. The van der Waals surface area contributed by atoms with Crippen LogP contribution in [0.1, 0.15) is 12.0 Å². The van der Waals surface area contributed by atoms with Gasteiger partial charge in [0, 0.05) is 47.8 Å². The number of benzene rings is 4. The lowest BCUT2D eigenvalue weighted by Crippen LogP contribution is -2.27. The van der Waals surface area contributed by atoms with Crippen molar-refractivity contribution in [2.24, 2.45) is 0 Å². The predicted molar refractivity (Wildman–Crippen MR) is 176 cm³/mol. The molecule has 0 atom stereocenters. The highest BCUT2D eigenvalue weighted by molar-refractivity contribution is 6.26. The second-order valence-corrected chi connectivity index (χ2v) is 10.3. The largest absolute Gasteiger partial charge is 0.493 e. The van der Waals surface area contributed by atoms with Crippen LogP contribution in [0.15, 0.2) is 109 Å². The van der Waals surface area contributed by atoms with Crippen molar-refractivity contribution >= 4 is 34.1 Å². The van der Waals surface area contributed by atoms with Crippen molar-refractivity contribution in [3.05, 3.63) is 126 Å². The van der Waals surface area contributed by atoms with Gasteiger partial charge in [-0.15, -0.1) is 0 Å². The first-order chi connectivity index (χ1) is 22.8. The van der Waals surface area contributed by atoms with E-state index in [-0.39, 0.29) is 17.0 Å². The highest BCUT2D eigenvalue weighted by Gasteiger charge is 2.20. The van der Waals surface area contributed by atoms with E-state index in [1.165, 1.54) is 63.0 Å². The first-order valence-electron chi connectivity index (χ1n) is 14.7. The zero-order valence-corrected chi connectivity index (χ0v) is 25.7. The van der Waals surface area contributed by atoms with Crippen LogP contribution in [0.3, 0.4) is 0 Å². The molecule has 47 heavy (non-hydrogen) atoms. The maximum Gasteiger partial charge on any atom is 0.262 e. The van der Waals surface area contributed by atoms with Crippen LogP contribution in [0.4, 0.5) is 20.2 Å². The van der Waals surface area contributed by atoms with Crippen molar-refractivity contribution in [2.45, 2.75) is 12.8 Å². The lowest BCUT2D eigenvalue weighted by Gasteiger charge is -2.14. The number of fused-ring (bicyclic) bond motifs is 1. The van der Waals surface area contributed by atoms with Gasteiger partial charge in [0.2, 0.25) is 0 Å². The summed E-state index contributed by atoms with van der Waals surface area (Å²) in [5, 5.41) is 8.75. The minimum Gasteiger partial charge on any atom is -0.493 e. The highest BCUT2D eigenvalue weighted by Crippen LogP contribution is 2.37. The molecule has 0 radical (unpaired) electrons. The Morgan fingerprint density at radius 3 is 2.15 bits per heavy atom. The molecule has 0 aliphatic rings. The summed E-state index contributed by atoms with van der Waals surface area (Å²) < 4.78 is 45.3. The number of carbonyl (C=O) groups excluding carboxylic acids is 2. The third-order valence-electron chi connectivity index (χ3n) is 7.08. The quantitative estimate of drug-likeness (QED) is 0.0551. The van der Waals surface area contributed by atoms with Crippen LogP contribution >= 0.6 is 0 Å². The summed E-state index contributed by atoms with van der Waals surface area (Å²) in [6.07, 6.45) is 4.38. The number of carbonyl (C=O) groups is 2. The molecule has 2 amide bonds. The average Bonchev–Trinajstić information content (AvgIpc) is 3.08. The van der Waals surface area contributed by atoms with Crippen molar-refractivity contribution in [2.75, 3.05) is 31.4 Å². The van der Waals surface area contributed by atoms with Crippen molar-refractivity contribution in [3.63, 3.8) is 0 Å². The topological polar surface area (TPSA) is 111 Å². The number of aryl methyl sites for hydroxylation is 1. The van der Waals surface area contributed by atoms with E-state index in [2.05, 4.69) is 20.9 Å². The van der Waals surface area contributed by atoms with E-state index >= 15 is 4.39 Å². The number of nitrogens with one attached hydrogen (secondary N) is 3. The Kier molecular flexibility index (Phi) is 10.6. The second-order valence-electron chi connectivity index (χ2n) is 10.3. The zero-order valence-electron chi connectivity index (χ0n) is 25.7. The van der Waals surface area contributed by atoms with Gasteiger partial charge in [-0.2, -0.15) is 0 Å². The minimum atomic E-state index is -0.783. The maximum atomic E-state index is 15.3. The molecule has 0 unspecified atom stereocenters. The Morgan fingerprint density at radius 1 is 0.766 bits per heavy atom. The number of amides is 2. The van der Waals surface area contributed by atoms with E-state index in [9.17, 15) is 14.0 Å². The van der Waals surface area contributed by atoms with Crippen LogP contribution < -0.4 is 30.2 Å². The summed E-state index contributed by atoms with van der Waals surface area (Å²) in [4.78, 5) is 30.8. The van der Waals surface area contributed by atoms with Gasteiger partial charge in [-0.25, -0.2) is 8.78 Å². The molecule has 0 aliphatic heterocycles. The molecule has 0 fully saturated rings. The van der Waals surface area contributed by atoms with Crippen LogP contribution in [0.25, 0.3) is 10.9 Å². The number of hydrogen-bond donors (Lipinski definition) is 3. The van der Waals surface area contributed by atoms with Gasteiger partial charge in [-0.05, 0) is 66.9 Å². The fraction of sp³-hybridized carbons (Fsp3) is 0.139. The summed E-state index contributed by atoms with van der Waals surface area (Å²) in [6, 6.07) is 23.9. The third kappa shape index (κ3) is 8.40.